The Hall–Kier alpha value is -1.95. The summed E-state index contributed by atoms with van der Waals surface area (Å²) in [7, 11) is 0. The van der Waals surface area contributed by atoms with E-state index >= 15 is 0 Å². The molecule has 1 atom stereocenters. The number of nitrogens with one attached hydrogen (secondary N) is 2. The van der Waals surface area contributed by atoms with Gasteiger partial charge in [0.15, 0.2) is 0 Å². The lowest BCUT2D eigenvalue weighted by Gasteiger charge is -2.14. The Morgan fingerprint density at radius 1 is 1.48 bits per heavy atom. The maximum Gasteiger partial charge on any atom is 0.253 e. The lowest BCUT2D eigenvalue weighted by Crippen LogP contribution is -2.28. The standard InChI is InChI=1S/C15H18FN3OS/c1-3-17-13-11(5-4-6-12(13)16)14(20)19-9-10(2)15-18-7-8-21-15/h4-8,10,17H,3,9H2,1-2H3,(H,19,20). The second-order valence-electron chi connectivity index (χ2n) is 4.67. The van der Waals surface area contributed by atoms with Crippen molar-refractivity contribution in [2.45, 2.75) is 19.8 Å². The van der Waals surface area contributed by atoms with Gasteiger partial charge in [-0.1, -0.05) is 13.0 Å². The SMILES string of the molecule is CCNc1c(F)cccc1C(=O)NCC(C)c1nccs1. The first-order valence-electron chi connectivity index (χ1n) is 6.83. The fourth-order valence-corrected chi connectivity index (χ4v) is 2.67. The number of hydrogen-bond donors (Lipinski definition) is 2. The highest BCUT2D eigenvalue weighted by molar-refractivity contribution is 7.09. The van der Waals surface area contributed by atoms with E-state index in [2.05, 4.69) is 15.6 Å². The second kappa shape index (κ2) is 7.17. The van der Waals surface area contributed by atoms with E-state index in [1.54, 1.807) is 23.6 Å². The van der Waals surface area contributed by atoms with Crippen molar-refractivity contribution in [3.63, 3.8) is 0 Å². The van der Waals surface area contributed by atoms with Crippen LogP contribution in [0.25, 0.3) is 0 Å². The number of anilines is 1. The lowest BCUT2D eigenvalue weighted by molar-refractivity contribution is 0.0952. The monoisotopic (exact) mass is 307 g/mol. The van der Waals surface area contributed by atoms with Gasteiger partial charge in [0.1, 0.15) is 5.82 Å². The smallest absolute Gasteiger partial charge is 0.253 e. The third kappa shape index (κ3) is 3.78. The maximum atomic E-state index is 13.8. The van der Waals surface area contributed by atoms with Gasteiger partial charge in [-0.3, -0.25) is 4.79 Å². The Bertz CT molecular complexity index is 601. The van der Waals surface area contributed by atoms with Crippen LogP contribution in [0, 0.1) is 5.82 Å². The summed E-state index contributed by atoms with van der Waals surface area (Å²) in [6.07, 6.45) is 1.74. The van der Waals surface area contributed by atoms with Crippen molar-refractivity contribution in [3.05, 3.63) is 46.2 Å². The van der Waals surface area contributed by atoms with Crippen molar-refractivity contribution in [1.82, 2.24) is 10.3 Å². The van der Waals surface area contributed by atoms with Crippen LogP contribution in [0.1, 0.15) is 35.1 Å². The number of carbonyl (C=O) groups is 1. The molecule has 0 spiro atoms. The molecule has 0 bridgehead atoms. The molecule has 6 heteroatoms. The number of halogens is 1. The molecule has 2 rings (SSSR count). The summed E-state index contributed by atoms with van der Waals surface area (Å²) < 4.78 is 13.8. The highest BCUT2D eigenvalue weighted by atomic mass is 32.1. The molecular formula is C15H18FN3OS. The van der Waals surface area contributed by atoms with Crippen molar-refractivity contribution in [3.8, 4) is 0 Å². The summed E-state index contributed by atoms with van der Waals surface area (Å²) in [5.74, 6) is -0.573. The minimum Gasteiger partial charge on any atom is -0.382 e. The van der Waals surface area contributed by atoms with E-state index in [0.29, 0.717) is 18.7 Å². The molecule has 112 valence electrons. The number of para-hydroxylation sites is 1. The van der Waals surface area contributed by atoms with Crippen molar-refractivity contribution in [1.29, 1.82) is 0 Å². The molecule has 2 N–H and O–H groups in total. The summed E-state index contributed by atoms with van der Waals surface area (Å²) in [6.45, 7) is 4.87. The molecular weight excluding hydrogens is 289 g/mol. The quantitative estimate of drug-likeness (QED) is 0.861. The molecule has 21 heavy (non-hydrogen) atoms. The largest absolute Gasteiger partial charge is 0.382 e. The average molecular weight is 307 g/mol. The number of nitrogens with zero attached hydrogens (tertiary/aromatic N) is 1. The molecule has 0 fully saturated rings. The van der Waals surface area contributed by atoms with Gasteiger partial charge < -0.3 is 10.6 Å². The van der Waals surface area contributed by atoms with E-state index in [4.69, 9.17) is 0 Å². The van der Waals surface area contributed by atoms with Gasteiger partial charge in [0.05, 0.1) is 16.3 Å². The molecule has 1 aromatic heterocycles. The van der Waals surface area contributed by atoms with Crippen LogP contribution in [0.5, 0.6) is 0 Å². The molecule has 1 unspecified atom stereocenters. The van der Waals surface area contributed by atoms with Crippen LogP contribution in [0.3, 0.4) is 0 Å². The maximum absolute atomic E-state index is 13.8. The first-order chi connectivity index (χ1) is 10.1. The van der Waals surface area contributed by atoms with Crippen LogP contribution >= 0.6 is 11.3 Å². The van der Waals surface area contributed by atoms with Crippen LogP contribution in [-0.4, -0.2) is 24.0 Å². The van der Waals surface area contributed by atoms with E-state index in [1.165, 1.54) is 12.1 Å². The highest BCUT2D eigenvalue weighted by Gasteiger charge is 2.16. The Morgan fingerprint density at radius 3 is 2.95 bits per heavy atom. The first kappa shape index (κ1) is 15.4. The predicted molar refractivity (Wildman–Crippen MR) is 83.4 cm³/mol. The van der Waals surface area contributed by atoms with E-state index in [0.717, 1.165) is 5.01 Å². The van der Waals surface area contributed by atoms with Gasteiger partial charge in [-0.05, 0) is 19.1 Å². The van der Waals surface area contributed by atoms with Gasteiger partial charge in [0.2, 0.25) is 0 Å². The molecule has 1 amide bonds. The number of aromatic nitrogens is 1. The zero-order valence-electron chi connectivity index (χ0n) is 12.0. The third-order valence-electron chi connectivity index (χ3n) is 3.05. The molecule has 1 heterocycles. The molecule has 0 aliphatic carbocycles. The first-order valence-corrected chi connectivity index (χ1v) is 7.71. The molecule has 0 saturated heterocycles. The van der Waals surface area contributed by atoms with E-state index in [1.807, 2.05) is 19.2 Å². The van der Waals surface area contributed by atoms with Crippen LogP contribution in [0.4, 0.5) is 10.1 Å². The van der Waals surface area contributed by atoms with E-state index in [9.17, 15) is 9.18 Å². The van der Waals surface area contributed by atoms with Crippen molar-refractivity contribution in [2.75, 3.05) is 18.4 Å². The fraction of sp³-hybridized carbons (Fsp3) is 0.333. The molecule has 1 aromatic carbocycles. The van der Waals surface area contributed by atoms with Gasteiger partial charge >= 0.3 is 0 Å². The summed E-state index contributed by atoms with van der Waals surface area (Å²) in [6, 6.07) is 4.49. The van der Waals surface area contributed by atoms with Crippen molar-refractivity contribution < 1.29 is 9.18 Å². The number of amides is 1. The minimum absolute atomic E-state index is 0.130. The third-order valence-corrected chi connectivity index (χ3v) is 4.06. The summed E-state index contributed by atoms with van der Waals surface area (Å²) >= 11 is 1.56. The van der Waals surface area contributed by atoms with Gasteiger partial charge in [-0.15, -0.1) is 11.3 Å². The number of benzene rings is 1. The normalized spacial score (nSPS) is 12.0. The number of rotatable bonds is 6. The van der Waals surface area contributed by atoms with Gasteiger partial charge in [0.25, 0.3) is 5.91 Å². The van der Waals surface area contributed by atoms with Crippen molar-refractivity contribution >= 4 is 22.9 Å². The van der Waals surface area contributed by atoms with E-state index < -0.39 is 5.82 Å². The summed E-state index contributed by atoms with van der Waals surface area (Å²) in [4.78, 5) is 16.5. The fourth-order valence-electron chi connectivity index (χ4n) is 1.98. The number of carbonyl (C=O) groups excluding carboxylic acids is 1. The Morgan fingerprint density at radius 2 is 2.29 bits per heavy atom. The van der Waals surface area contributed by atoms with Crippen LogP contribution in [0.15, 0.2) is 29.8 Å². The molecule has 0 aliphatic heterocycles. The second-order valence-corrected chi connectivity index (χ2v) is 5.60. The molecule has 2 aromatic rings. The Labute approximate surface area is 127 Å². The zero-order chi connectivity index (χ0) is 15.2. The molecule has 0 saturated carbocycles. The van der Waals surface area contributed by atoms with Crippen LogP contribution in [-0.2, 0) is 0 Å². The topological polar surface area (TPSA) is 54.0 Å². The van der Waals surface area contributed by atoms with Crippen molar-refractivity contribution in [2.24, 2.45) is 0 Å². The predicted octanol–water partition coefficient (Wildman–Crippen LogP) is 3.25. The van der Waals surface area contributed by atoms with Crippen LogP contribution in [0.2, 0.25) is 0 Å². The highest BCUT2D eigenvalue weighted by Crippen LogP contribution is 2.20. The van der Waals surface area contributed by atoms with Gasteiger partial charge in [0, 0.05) is 30.6 Å². The zero-order valence-corrected chi connectivity index (χ0v) is 12.8. The lowest BCUT2D eigenvalue weighted by atomic mass is 10.1. The van der Waals surface area contributed by atoms with Gasteiger partial charge in [-0.2, -0.15) is 0 Å². The molecule has 4 nitrogen and oxygen atoms in total. The number of hydrogen-bond acceptors (Lipinski definition) is 4. The molecule has 0 aliphatic rings. The average Bonchev–Trinajstić information content (AvgIpc) is 3.01. The summed E-state index contributed by atoms with van der Waals surface area (Å²) in [5, 5.41) is 8.61. The Balaban J connectivity index is 2.05. The van der Waals surface area contributed by atoms with Crippen LogP contribution < -0.4 is 10.6 Å². The Kier molecular flexibility index (Phi) is 5.27. The summed E-state index contributed by atoms with van der Waals surface area (Å²) in [5.41, 5.74) is 0.572. The molecule has 0 radical (unpaired) electrons. The van der Waals surface area contributed by atoms with Gasteiger partial charge in [-0.25, -0.2) is 9.37 Å². The minimum atomic E-state index is -0.419. The van der Waals surface area contributed by atoms with E-state index in [-0.39, 0.29) is 17.5 Å². The number of thiazole rings is 1.